The number of aryl methyl sites for hydroxylation is 2. The quantitative estimate of drug-likeness (QED) is 0.467. The Morgan fingerprint density at radius 1 is 1.42 bits per heavy atom. The molecule has 104 valence electrons. The van der Waals surface area contributed by atoms with E-state index in [1.165, 1.54) is 26.0 Å². The van der Waals surface area contributed by atoms with Crippen molar-refractivity contribution in [2.75, 3.05) is 6.61 Å². The van der Waals surface area contributed by atoms with Gasteiger partial charge in [0.25, 0.3) is 5.69 Å². The summed E-state index contributed by atoms with van der Waals surface area (Å²) in [4.78, 5) is 21.3. The Morgan fingerprint density at radius 2 is 2.05 bits per heavy atom. The van der Waals surface area contributed by atoms with Crippen LogP contribution in [-0.2, 0) is 9.53 Å². The van der Waals surface area contributed by atoms with Crippen molar-refractivity contribution in [1.82, 2.24) is 0 Å². The normalized spacial score (nSPS) is 11.8. The van der Waals surface area contributed by atoms with Crippen LogP contribution in [0.3, 0.4) is 0 Å². The van der Waals surface area contributed by atoms with Gasteiger partial charge in [-0.2, -0.15) is 4.39 Å². The monoisotopic (exact) mass is 271 g/mol. The molecule has 7 heteroatoms. The number of hydrogen-bond acceptors (Lipinski definition) is 5. The summed E-state index contributed by atoms with van der Waals surface area (Å²) in [7, 11) is 0. The summed E-state index contributed by atoms with van der Waals surface area (Å²) in [6, 6.07) is 2.59. The molecule has 0 bridgehead atoms. The lowest BCUT2D eigenvalue weighted by Gasteiger charge is -2.13. The van der Waals surface area contributed by atoms with Crippen LogP contribution in [0.15, 0.2) is 12.1 Å². The first-order valence-corrected chi connectivity index (χ1v) is 5.59. The summed E-state index contributed by atoms with van der Waals surface area (Å²) in [5, 5.41) is 10.7. The van der Waals surface area contributed by atoms with Crippen LogP contribution in [0.2, 0.25) is 0 Å². The molecule has 0 amide bonds. The number of rotatable bonds is 5. The number of halogens is 1. The molecule has 0 heterocycles. The number of ether oxygens (including phenoxy) is 2. The van der Waals surface area contributed by atoms with Gasteiger partial charge >= 0.3 is 12.3 Å². The molecule has 6 nitrogen and oxygen atoms in total. The van der Waals surface area contributed by atoms with Crippen LogP contribution < -0.4 is 4.74 Å². The molecule has 0 aliphatic heterocycles. The Labute approximate surface area is 109 Å². The van der Waals surface area contributed by atoms with Crippen LogP contribution in [0.4, 0.5) is 10.1 Å². The Kier molecular flexibility index (Phi) is 4.80. The fraction of sp³-hybridized carbons (Fsp3) is 0.417. The van der Waals surface area contributed by atoms with E-state index < -0.39 is 17.3 Å². The second-order valence-electron chi connectivity index (χ2n) is 3.85. The molecule has 0 N–H and O–H groups in total. The molecule has 0 radical (unpaired) electrons. The second kappa shape index (κ2) is 6.12. The highest BCUT2D eigenvalue weighted by atomic mass is 19.1. The van der Waals surface area contributed by atoms with Gasteiger partial charge in [0.05, 0.1) is 11.5 Å². The largest absolute Gasteiger partial charge is 0.461 e. The van der Waals surface area contributed by atoms with Crippen LogP contribution in [-0.4, -0.2) is 23.9 Å². The molecule has 0 saturated heterocycles. The van der Waals surface area contributed by atoms with Crippen molar-refractivity contribution < 1.29 is 23.6 Å². The van der Waals surface area contributed by atoms with E-state index in [1.807, 2.05) is 0 Å². The highest BCUT2D eigenvalue weighted by Crippen LogP contribution is 2.28. The van der Waals surface area contributed by atoms with Crippen molar-refractivity contribution in [3.8, 4) is 5.75 Å². The van der Waals surface area contributed by atoms with Gasteiger partial charge < -0.3 is 9.47 Å². The lowest BCUT2D eigenvalue weighted by molar-refractivity contribution is -0.385. The standard InChI is InChI=1S/C12H14FNO5/c1-4-18-12(15)11(13)19-10-6-7(2)9(14(16)17)5-8(10)3/h5-6,11H,4H2,1-3H3. The summed E-state index contributed by atoms with van der Waals surface area (Å²) in [6.07, 6.45) is -2.25. The van der Waals surface area contributed by atoms with Crippen molar-refractivity contribution in [2.24, 2.45) is 0 Å². The minimum absolute atomic E-state index is 0.0425. The fourth-order valence-electron chi connectivity index (χ4n) is 1.47. The molecule has 1 atom stereocenters. The summed E-state index contributed by atoms with van der Waals surface area (Å²) in [5.41, 5.74) is 0.599. The maximum atomic E-state index is 13.4. The molecule has 0 fully saturated rings. The summed E-state index contributed by atoms with van der Waals surface area (Å²) >= 11 is 0. The van der Waals surface area contributed by atoms with Gasteiger partial charge in [0, 0.05) is 11.6 Å². The number of alkyl halides is 1. The van der Waals surface area contributed by atoms with E-state index in [1.54, 1.807) is 6.92 Å². The molecular weight excluding hydrogens is 257 g/mol. The first-order chi connectivity index (χ1) is 8.86. The van der Waals surface area contributed by atoms with E-state index in [0.717, 1.165) is 0 Å². The SMILES string of the molecule is CCOC(=O)C(F)Oc1cc(C)c([N+](=O)[O-])cc1C. The lowest BCUT2D eigenvalue weighted by Crippen LogP contribution is -2.25. The first-order valence-electron chi connectivity index (χ1n) is 5.59. The van der Waals surface area contributed by atoms with Crippen LogP contribution in [0, 0.1) is 24.0 Å². The molecule has 19 heavy (non-hydrogen) atoms. The molecule has 0 spiro atoms. The van der Waals surface area contributed by atoms with E-state index in [9.17, 15) is 19.3 Å². The van der Waals surface area contributed by atoms with Crippen LogP contribution in [0.5, 0.6) is 5.75 Å². The molecule has 1 aromatic rings. The van der Waals surface area contributed by atoms with E-state index in [-0.39, 0.29) is 18.0 Å². The van der Waals surface area contributed by atoms with Crippen molar-refractivity contribution in [3.05, 3.63) is 33.4 Å². The number of nitrogens with zero attached hydrogens (tertiary/aromatic N) is 1. The van der Waals surface area contributed by atoms with E-state index >= 15 is 0 Å². The third kappa shape index (κ3) is 3.64. The molecule has 1 aromatic carbocycles. The summed E-state index contributed by atoms with van der Waals surface area (Å²) in [6.45, 7) is 4.62. The van der Waals surface area contributed by atoms with Gasteiger partial charge in [-0.15, -0.1) is 0 Å². The summed E-state index contributed by atoms with van der Waals surface area (Å²) < 4.78 is 22.7. The zero-order chi connectivity index (χ0) is 14.6. The van der Waals surface area contributed by atoms with Crippen molar-refractivity contribution >= 4 is 11.7 Å². The highest BCUT2D eigenvalue weighted by molar-refractivity contribution is 5.73. The molecular formula is C12H14FNO5. The predicted octanol–water partition coefficient (Wildman–Crippen LogP) is 2.45. The van der Waals surface area contributed by atoms with Crippen molar-refractivity contribution in [1.29, 1.82) is 0 Å². The third-order valence-corrected chi connectivity index (χ3v) is 2.39. The Morgan fingerprint density at radius 3 is 2.58 bits per heavy atom. The van der Waals surface area contributed by atoms with E-state index in [0.29, 0.717) is 11.1 Å². The van der Waals surface area contributed by atoms with Gasteiger partial charge in [0.1, 0.15) is 5.75 Å². The Hall–Kier alpha value is -2.18. The van der Waals surface area contributed by atoms with Crippen LogP contribution >= 0.6 is 0 Å². The molecule has 1 unspecified atom stereocenters. The summed E-state index contributed by atoms with van der Waals surface area (Å²) in [5.74, 6) is -1.05. The van der Waals surface area contributed by atoms with Crippen molar-refractivity contribution in [3.63, 3.8) is 0 Å². The number of esters is 1. The van der Waals surface area contributed by atoms with E-state index in [2.05, 4.69) is 4.74 Å². The average Bonchev–Trinajstić information content (AvgIpc) is 2.33. The van der Waals surface area contributed by atoms with Gasteiger partial charge in [-0.05, 0) is 32.4 Å². The third-order valence-electron chi connectivity index (χ3n) is 2.39. The molecule has 1 rings (SSSR count). The number of hydrogen-bond donors (Lipinski definition) is 0. The van der Waals surface area contributed by atoms with Gasteiger partial charge in [-0.1, -0.05) is 0 Å². The van der Waals surface area contributed by atoms with Crippen LogP contribution in [0.1, 0.15) is 18.1 Å². The maximum Gasteiger partial charge on any atom is 0.381 e. The minimum atomic E-state index is -2.25. The number of nitro groups is 1. The van der Waals surface area contributed by atoms with Gasteiger partial charge in [0.2, 0.25) is 0 Å². The number of carbonyl (C=O) groups excluding carboxylic acids is 1. The Balaban J connectivity index is 2.94. The van der Waals surface area contributed by atoms with Gasteiger partial charge in [-0.3, -0.25) is 10.1 Å². The number of nitro benzene ring substituents is 1. The molecule has 0 saturated carbocycles. The molecule has 0 aliphatic rings. The predicted molar refractivity (Wildman–Crippen MR) is 64.7 cm³/mol. The number of carbonyl (C=O) groups is 1. The fourth-order valence-corrected chi connectivity index (χ4v) is 1.47. The maximum absolute atomic E-state index is 13.4. The molecule has 0 aromatic heterocycles. The topological polar surface area (TPSA) is 78.7 Å². The zero-order valence-electron chi connectivity index (χ0n) is 10.8. The average molecular weight is 271 g/mol. The van der Waals surface area contributed by atoms with Gasteiger partial charge in [-0.25, -0.2) is 4.79 Å². The zero-order valence-corrected chi connectivity index (χ0v) is 10.8. The van der Waals surface area contributed by atoms with Gasteiger partial charge in [0.15, 0.2) is 0 Å². The minimum Gasteiger partial charge on any atom is -0.461 e. The Bertz CT molecular complexity index is 503. The lowest BCUT2D eigenvalue weighted by atomic mass is 10.1. The van der Waals surface area contributed by atoms with Crippen molar-refractivity contribution in [2.45, 2.75) is 27.1 Å². The smallest absolute Gasteiger partial charge is 0.381 e. The molecule has 0 aliphatic carbocycles. The number of benzene rings is 1. The first kappa shape index (κ1) is 14.9. The highest BCUT2D eigenvalue weighted by Gasteiger charge is 2.22. The van der Waals surface area contributed by atoms with Crippen LogP contribution in [0.25, 0.3) is 0 Å². The second-order valence-corrected chi connectivity index (χ2v) is 3.85. The van der Waals surface area contributed by atoms with E-state index in [4.69, 9.17) is 4.74 Å².